The second-order valence-electron chi connectivity index (χ2n) is 4.66. The lowest BCUT2D eigenvalue weighted by molar-refractivity contribution is 0.483. The summed E-state index contributed by atoms with van der Waals surface area (Å²) in [6, 6.07) is 4.85. The van der Waals surface area contributed by atoms with Gasteiger partial charge in [0.15, 0.2) is 0 Å². The Labute approximate surface area is 101 Å². The first-order valence-electron chi connectivity index (χ1n) is 6.05. The molecular formula is C14H16N2O. The van der Waals surface area contributed by atoms with Gasteiger partial charge in [-0.25, -0.2) is 0 Å². The first-order chi connectivity index (χ1) is 8.33. The zero-order valence-corrected chi connectivity index (χ0v) is 9.94. The maximum atomic E-state index is 5.55. The van der Waals surface area contributed by atoms with Crippen LogP contribution in [0.5, 0.6) is 0 Å². The third kappa shape index (κ3) is 2.39. The van der Waals surface area contributed by atoms with Crippen LogP contribution in [0.15, 0.2) is 35.2 Å². The number of hydrogen-bond donors (Lipinski definition) is 1. The van der Waals surface area contributed by atoms with Crippen LogP contribution in [-0.2, 0) is 6.54 Å². The van der Waals surface area contributed by atoms with Gasteiger partial charge in [-0.05, 0) is 37.5 Å². The molecule has 1 fully saturated rings. The van der Waals surface area contributed by atoms with Crippen LogP contribution in [0.4, 0.5) is 0 Å². The molecular weight excluding hydrogens is 212 g/mol. The molecule has 0 bridgehead atoms. The van der Waals surface area contributed by atoms with E-state index in [1.807, 2.05) is 18.5 Å². The van der Waals surface area contributed by atoms with Gasteiger partial charge in [-0.3, -0.25) is 4.98 Å². The molecule has 3 heteroatoms. The monoisotopic (exact) mass is 228 g/mol. The summed E-state index contributed by atoms with van der Waals surface area (Å²) >= 11 is 0. The Hall–Kier alpha value is -1.61. The van der Waals surface area contributed by atoms with Crippen LogP contribution >= 0.6 is 0 Å². The highest BCUT2D eigenvalue weighted by Crippen LogP contribution is 2.26. The van der Waals surface area contributed by atoms with Crippen molar-refractivity contribution < 1.29 is 4.42 Å². The first-order valence-corrected chi connectivity index (χ1v) is 6.05. The molecule has 88 valence electrons. The van der Waals surface area contributed by atoms with Gasteiger partial charge in [0.2, 0.25) is 0 Å². The van der Waals surface area contributed by atoms with Gasteiger partial charge in [-0.2, -0.15) is 0 Å². The lowest BCUT2D eigenvalue weighted by Crippen LogP contribution is -2.15. The Kier molecular flexibility index (Phi) is 2.69. The largest absolute Gasteiger partial charge is 0.467 e. The second kappa shape index (κ2) is 4.34. The summed E-state index contributed by atoms with van der Waals surface area (Å²) < 4.78 is 5.55. The lowest BCUT2D eigenvalue weighted by atomic mass is 10.1. The molecule has 3 rings (SSSR count). The van der Waals surface area contributed by atoms with Gasteiger partial charge in [0.1, 0.15) is 5.76 Å². The molecule has 0 radical (unpaired) electrons. The summed E-state index contributed by atoms with van der Waals surface area (Å²) in [5.74, 6) is 1.00. The smallest absolute Gasteiger partial charge is 0.125 e. The number of hydrogen-bond acceptors (Lipinski definition) is 3. The Morgan fingerprint density at radius 1 is 1.41 bits per heavy atom. The van der Waals surface area contributed by atoms with Crippen molar-refractivity contribution in [2.75, 3.05) is 0 Å². The third-order valence-electron chi connectivity index (χ3n) is 3.06. The average Bonchev–Trinajstić information content (AvgIpc) is 3.04. The minimum absolute atomic E-state index is 0.698. The fraction of sp³-hybridized carbons (Fsp3) is 0.357. The average molecular weight is 228 g/mol. The van der Waals surface area contributed by atoms with E-state index in [1.54, 1.807) is 6.26 Å². The van der Waals surface area contributed by atoms with Crippen molar-refractivity contribution in [3.05, 3.63) is 42.1 Å². The van der Waals surface area contributed by atoms with E-state index in [1.165, 1.54) is 18.4 Å². The molecule has 0 saturated heterocycles. The molecule has 2 aromatic rings. The maximum Gasteiger partial charge on any atom is 0.125 e. The second-order valence-corrected chi connectivity index (χ2v) is 4.66. The van der Waals surface area contributed by atoms with Gasteiger partial charge in [0.25, 0.3) is 0 Å². The van der Waals surface area contributed by atoms with Crippen LogP contribution < -0.4 is 5.32 Å². The van der Waals surface area contributed by atoms with E-state index < -0.39 is 0 Å². The molecule has 0 aliphatic heterocycles. The van der Waals surface area contributed by atoms with E-state index in [2.05, 4.69) is 23.3 Å². The number of nitrogens with one attached hydrogen (secondary N) is 1. The highest BCUT2D eigenvalue weighted by Gasteiger charge is 2.21. The van der Waals surface area contributed by atoms with Crippen LogP contribution in [0.2, 0.25) is 0 Å². The minimum Gasteiger partial charge on any atom is -0.467 e. The van der Waals surface area contributed by atoms with Crippen LogP contribution in [0.25, 0.3) is 11.1 Å². The predicted molar refractivity (Wildman–Crippen MR) is 66.5 cm³/mol. The number of nitrogens with zero attached hydrogens (tertiary/aromatic N) is 1. The normalized spacial score (nSPS) is 15.1. The minimum atomic E-state index is 0.698. The summed E-state index contributed by atoms with van der Waals surface area (Å²) in [7, 11) is 0. The van der Waals surface area contributed by atoms with E-state index in [0.717, 1.165) is 23.4 Å². The highest BCUT2D eigenvalue weighted by atomic mass is 16.3. The van der Waals surface area contributed by atoms with E-state index in [0.29, 0.717) is 6.04 Å². The number of rotatable bonds is 4. The Morgan fingerprint density at radius 3 is 3.06 bits per heavy atom. The Balaban J connectivity index is 1.83. The summed E-state index contributed by atoms with van der Waals surface area (Å²) in [5.41, 5.74) is 3.45. The fourth-order valence-electron chi connectivity index (χ4n) is 1.96. The number of furan rings is 1. The molecule has 0 aromatic carbocycles. The van der Waals surface area contributed by atoms with Crippen molar-refractivity contribution in [3.63, 3.8) is 0 Å². The molecule has 17 heavy (non-hydrogen) atoms. The van der Waals surface area contributed by atoms with Crippen molar-refractivity contribution in [3.8, 4) is 11.1 Å². The van der Waals surface area contributed by atoms with Crippen molar-refractivity contribution in [2.45, 2.75) is 32.4 Å². The maximum absolute atomic E-state index is 5.55. The molecule has 1 aliphatic carbocycles. The number of pyridine rings is 1. The third-order valence-corrected chi connectivity index (χ3v) is 3.06. The molecule has 2 aromatic heterocycles. The lowest BCUT2D eigenvalue weighted by Gasteiger charge is -2.04. The quantitative estimate of drug-likeness (QED) is 0.874. The van der Waals surface area contributed by atoms with Crippen molar-refractivity contribution in [1.29, 1.82) is 0 Å². The molecule has 1 saturated carbocycles. The van der Waals surface area contributed by atoms with E-state index in [9.17, 15) is 0 Å². The molecule has 2 heterocycles. The van der Waals surface area contributed by atoms with Gasteiger partial charge >= 0.3 is 0 Å². The molecule has 3 nitrogen and oxygen atoms in total. The molecule has 0 amide bonds. The topological polar surface area (TPSA) is 38.1 Å². The van der Waals surface area contributed by atoms with Gasteiger partial charge in [0, 0.05) is 29.6 Å². The van der Waals surface area contributed by atoms with E-state index in [4.69, 9.17) is 4.42 Å². The summed E-state index contributed by atoms with van der Waals surface area (Å²) in [5, 5.41) is 3.47. The first kappa shape index (κ1) is 10.5. The standard InChI is InChI=1S/C14H16N2O/c1-10-6-11(8-15-7-10)13-4-5-17-14(13)9-16-12-2-3-12/h4-8,12,16H,2-3,9H2,1H3. The predicted octanol–water partition coefficient (Wildman–Crippen LogP) is 2.90. The van der Waals surface area contributed by atoms with Gasteiger partial charge < -0.3 is 9.73 Å². The van der Waals surface area contributed by atoms with E-state index in [-0.39, 0.29) is 0 Å². The Morgan fingerprint density at radius 2 is 2.29 bits per heavy atom. The molecule has 0 unspecified atom stereocenters. The number of aryl methyl sites for hydroxylation is 1. The molecule has 1 N–H and O–H groups in total. The van der Waals surface area contributed by atoms with Crippen LogP contribution in [-0.4, -0.2) is 11.0 Å². The fourth-order valence-corrected chi connectivity index (χ4v) is 1.96. The summed E-state index contributed by atoms with van der Waals surface area (Å²) in [6.07, 6.45) is 8.09. The van der Waals surface area contributed by atoms with Crippen LogP contribution in [0.3, 0.4) is 0 Å². The van der Waals surface area contributed by atoms with Crippen molar-refractivity contribution in [1.82, 2.24) is 10.3 Å². The van der Waals surface area contributed by atoms with Gasteiger partial charge in [-0.1, -0.05) is 0 Å². The zero-order valence-electron chi connectivity index (χ0n) is 9.94. The summed E-state index contributed by atoms with van der Waals surface area (Å²) in [4.78, 5) is 4.23. The highest BCUT2D eigenvalue weighted by molar-refractivity contribution is 5.65. The van der Waals surface area contributed by atoms with Gasteiger partial charge in [0.05, 0.1) is 12.8 Å². The van der Waals surface area contributed by atoms with Crippen LogP contribution in [0.1, 0.15) is 24.2 Å². The molecule has 0 spiro atoms. The van der Waals surface area contributed by atoms with E-state index >= 15 is 0 Å². The van der Waals surface area contributed by atoms with Crippen molar-refractivity contribution >= 4 is 0 Å². The van der Waals surface area contributed by atoms with Crippen molar-refractivity contribution in [2.24, 2.45) is 0 Å². The molecule has 1 aliphatic rings. The van der Waals surface area contributed by atoms with Gasteiger partial charge in [-0.15, -0.1) is 0 Å². The Bertz CT molecular complexity index is 514. The molecule has 0 atom stereocenters. The zero-order chi connectivity index (χ0) is 11.7. The number of aromatic nitrogens is 1. The SMILES string of the molecule is Cc1cncc(-c2ccoc2CNC2CC2)c1. The summed E-state index contributed by atoms with van der Waals surface area (Å²) in [6.45, 7) is 2.86. The van der Waals surface area contributed by atoms with Crippen LogP contribution in [0, 0.1) is 6.92 Å².